The number of methoxy groups -OCH3 is 1. The molecule has 3 heteroatoms. The van der Waals surface area contributed by atoms with Gasteiger partial charge in [0.1, 0.15) is 11.6 Å². The highest BCUT2D eigenvalue weighted by Gasteiger charge is 2.13. The number of rotatable bonds is 3. The summed E-state index contributed by atoms with van der Waals surface area (Å²) in [4.78, 5) is 6.71. The van der Waals surface area contributed by atoms with Crippen LogP contribution >= 0.6 is 0 Å². The second-order valence-corrected chi connectivity index (χ2v) is 3.52. The van der Waals surface area contributed by atoms with Gasteiger partial charge < -0.3 is 9.64 Å². The van der Waals surface area contributed by atoms with E-state index in [2.05, 4.69) is 30.7 Å². The van der Waals surface area contributed by atoms with Gasteiger partial charge in [-0.2, -0.15) is 0 Å². The molecule has 0 spiro atoms. The Morgan fingerprint density at radius 2 is 2.07 bits per heavy atom. The molecule has 0 aromatic rings. The average molecular weight is 208 g/mol. The van der Waals surface area contributed by atoms with Crippen molar-refractivity contribution in [2.45, 2.75) is 27.2 Å². The van der Waals surface area contributed by atoms with Crippen LogP contribution in [-0.2, 0) is 4.74 Å². The van der Waals surface area contributed by atoms with Crippen LogP contribution in [0.2, 0.25) is 0 Å². The van der Waals surface area contributed by atoms with Crippen molar-refractivity contribution in [2.75, 3.05) is 20.2 Å². The van der Waals surface area contributed by atoms with Crippen LogP contribution in [-0.4, -0.2) is 30.9 Å². The lowest BCUT2D eigenvalue weighted by molar-refractivity contribution is 0.280. The largest absolute Gasteiger partial charge is 0.500 e. The number of aliphatic imine (C=N–C) groups is 1. The first kappa shape index (κ1) is 11.8. The molecule has 84 valence electrons. The lowest BCUT2D eigenvalue weighted by Crippen LogP contribution is -2.30. The number of hydrogen-bond donors (Lipinski definition) is 0. The van der Waals surface area contributed by atoms with E-state index in [1.165, 1.54) is 0 Å². The summed E-state index contributed by atoms with van der Waals surface area (Å²) in [6, 6.07) is 0. The second kappa shape index (κ2) is 5.59. The Morgan fingerprint density at radius 1 is 1.40 bits per heavy atom. The smallest absolute Gasteiger partial charge is 0.112 e. The van der Waals surface area contributed by atoms with E-state index in [1.54, 1.807) is 7.11 Å². The number of ether oxygens (including phenoxy) is 1. The van der Waals surface area contributed by atoms with E-state index in [1.807, 2.05) is 12.3 Å². The highest BCUT2D eigenvalue weighted by Crippen LogP contribution is 2.16. The summed E-state index contributed by atoms with van der Waals surface area (Å²) in [5.41, 5.74) is 1.16. The summed E-state index contributed by atoms with van der Waals surface area (Å²) in [7, 11) is 1.72. The zero-order chi connectivity index (χ0) is 11.3. The van der Waals surface area contributed by atoms with E-state index in [0.29, 0.717) is 0 Å². The molecular weight excluding hydrogens is 188 g/mol. The van der Waals surface area contributed by atoms with E-state index >= 15 is 0 Å². The predicted octanol–water partition coefficient (Wildman–Crippen LogP) is 2.56. The summed E-state index contributed by atoms with van der Waals surface area (Å²) in [6.45, 7) is 8.31. The molecule has 0 saturated heterocycles. The first-order valence-electron chi connectivity index (χ1n) is 5.44. The highest BCUT2D eigenvalue weighted by atomic mass is 16.5. The number of hydrogen-bond acceptors (Lipinski definition) is 3. The third-order valence-electron chi connectivity index (χ3n) is 2.68. The zero-order valence-corrected chi connectivity index (χ0v) is 10.1. The zero-order valence-electron chi connectivity index (χ0n) is 10.1. The third kappa shape index (κ3) is 2.85. The van der Waals surface area contributed by atoms with Crippen LogP contribution in [0.15, 0.2) is 28.6 Å². The molecule has 3 nitrogen and oxygen atoms in total. The molecule has 0 bridgehead atoms. The summed E-state index contributed by atoms with van der Waals surface area (Å²) < 4.78 is 5.37. The van der Waals surface area contributed by atoms with Crippen LogP contribution in [0, 0.1) is 0 Å². The molecule has 0 fully saturated rings. The quantitative estimate of drug-likeness (QED) is 0.712. The van der Waals surface area contributed by atoms with Crippen LogP contribution in [0.1, 0.15) is 27.2 Å². The lowest BCUT2D eigenvalue weighted by atomic mass is 10.2. The van der Waals surface area contributed by atoms with E-state index in [9.17, 15) is 0 Å². The predicted molar refractivity (Wildman–Crippen MR) is 63.8 cm³/mol. The second-order valence-electron chi connectivity index (χ2n) is 3.52. The summed E-state index contributed by atoms with van der Waals surface area (Å²) in [5, 5.41) is 0. The lowest BCUT2D eigenvalue weighted by Gasteiger charge is -2.22. The van der Waals surface area contributed by atoms with Gasteiger partial charge in [-0.25, -0.2) is 4.99 Å². The Kier molecular flexibility index (Phi) is 4.40. The minimum Gasteiger partial charge on any atom is -0.500 e. The average Bonchev–Trinajstić information content (AvgIpc) is 2.43. The van der Waals surface area contributed by atoms with E-state index in [0.717, 1.165) is 36.7 Å². The Morgan fingerprint density at radius 3 is 2.60 bits per heavy atom. The Balaban J connectivity index is 2.87. The maximum absolute atomic E-state index is 5.37. The molecule has 0 N–H and O–H groups in total. The van der Waals surface area contributed by atoms with E-state index in [4.69, 9.17) is 4.74 Å². The molecule has 0 unspecified atom stereocenters. The minimum absolute atomic E-state index is 0.789. The molecule has 1 heterocycles. The normalized spacial score (nSPS) is 16.1. The number of nitrogens with zero attached hydrogens (tertiary/aromatic N) is 2. The molecule has 15 heavy (non-hydrogen) atoms. The van der Waals surface area contributed by atoms with Gasteiger partial charge in [0, 0.05) is 19.3 Å². The molecule has 0 aliphatic carbocycles. The van der Waals surface area contributed by atoms with Crippen LogP contribution in [0.25, 0.3) is 0 Å². The summed E-state index contributed by atoms with van der Waals surface area (Å²) in [6.07, 6.45) is 4.64. The molecule has 0 amide bonds. The monoisotopic (exact) mass is 208 g/mol. The molecule has 0 radical (unpaired) electrons. The van der Waals surface area contributed by atoms with Crippen molar-refractivity contribution in [1.29, 1.82) is 0 Å². The SMILES string of the molecule is CCN(CC)C1=NC=CC(C)=C(OC)C1. The molecule has 1 rings (SSSR count). The van der Waals surface area contributed by atoms with Gasteiger partial charge in [0.2, 0.25) is 0 Å². The Labute approximate surface area is 92.1 Å². The molecule has 0 saturated carbocycles. The van der Waals surface area contributed by atoms with Crippen molar-refractivity contribution in [2.24, 2.45) is 4.99 Å². The van der Waals surface area contributed by atoms with Crippen LogP contribution in [0.4, 0.5) is 0 Å². The Bertz CT molecular complexity index is 299. The fraction of sp³-hybridized carbons (Fsp3) is 0.583. The summed E-state index contributed by atoms with van der Waals surface area (Å²) >= 11 is 0. The topological polar surface area (TPSA) is 24.8 Å². The highest BCUT2D eigenvalue weighted by molar-refractivity contribution is 5.85. The van der Waals surface area contributed by atoms with Gasteiger partial charge in [-0.3, -0.25) is 0 Å². The van der Waals surface area contributed by atoms with Gasteiger partial charge in [-0.1, -0.05) is 0 Å². The van der Waals surface area contributed by atoms with Crippen LogP contribution in [0.5, 0.6) is 0 Å². The van der Waals surface area contributed by atoms with Crippen LogP contribution in [0.3, 0.4) is 0 Å². The van der Waals surface area contributed by atoms with Gasteiger partial charge in [0.05, 0.1) is 13.5 Å². The maximum Gasteiger partial charge on any atom is 0.112 e. The van der Waals surface area contributed by atoms with Gasteiger partial charge in [-0.15, -0.1) is 0 Å². The first-order valence-corrected chi connectivity index (χ1v) is 5.44. The third-order valence-corrected chi connectivity index (χ3v) is 2.68. The molecule has 0 aromatic heterocycles. The number of amidine groups is 1. The standard InChI is InChI=1S/C12H20N2O/c1-5-14(6-2)12-9-11(15-4)10(3)7-8-13-12/h7-8H,5-6,9H2,1-4H3. The van der Waals surface area contributed by atoms with Gasteiger partial charge in [0.25, 0.3) is 0 Å². The van der Waals surface area contributed by atoms with Crippen molar-refractivity contribution in [3.05, 3.63) is 23.6 Å². The summed E-state index contributed by atoms with van der Waals surface area (Å²) in [5.74, 6) is 2.10. The maximum atomic E-state index is 5.37. The fourth-order valence-electron chi connectivity index (χ4n) is 1.67. The van der Waals surface area contributed by atoms with Gasteiger partial charge in [0.15, 0.2) is 0 Å². The van der Waals surface area contributed by atoms with Crippen molar-refractivity contribution < 1.29 is 4.74 Å². The molecule has 0 atom stereocenters. The van der Waals surface area contributed by atoms with E-state index in [-0.39, 0.29) is 0 Å². The molecule has 1 aliphatic heterocycles. The van der Waals surface area contributed by atoms with Crippen LogP contribution < -0.4 is 0 Å². The van der Waals surface area contributed by atoms with Crippen molar-refractivity contribution in [1.82, 2.24) is 4.90 Å². The van der Waals surface area contributed by atoms with Crippen molar-refractivity contribution in [3.8, 4) is 0 Å². The molecule has 1 aliphatic rings. The fourth-order valence-corrected chi connectivity index (χ4v) is 1.67. The first-order chi connectivity index (χ1) is 7.22. The Hall–Kier alpha value is -1.25. The van der Waals surface area contributed by atoms with Gasteiger partial charge >= 0.3 is 0 Å². The molecule has 0 aromatic carbocycles. The minimum atomic E-state index is 0.789. The molecular formula is C12H20N2O. The van der Waals surface area contributed by atoms with Crippen molar-refractivity contribution >= 4 is 5.84 Å². The number of allylic oxidation sites excluding steroid dienone is 2. The van der Waals surface area contributed by atoms with Gasteiger partial charge in [-0.05, 0) is 32.4 Å². The van der Waals surface area contributed by atoms with Crippen molar-refractivity contribution in [3.63, 3.8) is 0 Å². The van der Waals surface area contributed by atoms with E-state index < -0.39 is 0 Å².